The van der Waals surface area contributed by atoms with Gasteiger partial charge in [-0.2, -0.15) is 0 Å². The van der Waals surface area contributed by atoms with Crippen molar-refractivity contribution in [2.24, 2.45) is 0 Å². The van der Waals surface area contributed by atoms with Crippen molar-refractivity contribution in [2.75, 3.05) is 26.2 Å². The lowest BCUT2D eigenvalue weighted by molar-refractivity contribution is 0.0563. The van der Waals surface area contributed by atoms with Crippen LogP contribution in [0.3, 0.4) is 0 Å². The largest absolute Gasteiger partial charge is 0.447 e. The van der Waals surface area contributed by atoms with Crippen molar-refractivity contribution in [3.63, 3.8) is 0 Å². The number of ether oxygens (including phenoxy) is 1. The van der Waals surface area contributed by atoms with Gasteiger partial charge in [0.2, 0.25) is 0 Å². The monoisotopic (exact) mass is 383 g/mol. The van der Waals surface area contributed by atoms with Crippen molar-refractivity contribution in [2.45, 2.75) is 78.5 Å². The minimum absolute atomic E-state index is 0.0632. The summed E-state index contributed by atoms with van der Waals surface area (Å²) in [5, 5.41) is 21.0. The first-order valence-corrected chi connectivity index (χ1v) is 10.3. The van der Waals surface area contributed by atoms with E-state index in [1.54, 1.807) is 4.68 Å². The van der Waals surface area contributed by atoms with Crippen LogP contribution in [-0.4, -0.2) is 63.4 Å². The molecule has 0 bridgehead atoms. The molecule has 8 nitrogen and oxygen atoms in total. The molecule has 0 fully saturated rings. The van der Waals surface area contributed by atoms with Gasteiger partial charge >= 0.3 is 6.09 Å². The molecule has 8 heteroatoms. The van der Waals surface area contributed by atoms with Crippen LogP contribution in [0.1, 0.15) is 65.0 Å². The van der Waals surface area contributed by atoms with Crippen LogP contribution >= 0.6 is 0 Å². The Balaban J connectivity index is 2.38. The van der Waals surface area contributed by atoms with E-state index in [0.717, 1.165) is 38.2 Å². The van der Waals surface area contributed by atoms with E-state index < -0.39 is 12.2 Å². The van der Waals surface area contributed by atoms with Crippen LogP contribution in [0.5, 0.6) is 0 Å². The zero-order valence-electron chi connectivity index (χ0n) is 17.2. The molecule has 1 atom stereocenters. The third-order valence-electron chi connectivity index (χ3n) is 4.23. The molecule has 0 radical (unpaired) electrons. The predicted molar refractivity (Wildman–Crippen MR) is 105 cm³/mol. The molecule has 0 saturated carbocycles. The molecule has 1 aromatic heterocycles. The summed E-state index contributed by atoms with van der Waals surface area (Å²) in [4.78, 5) is 13.9. The molecule has 1 rings (SSSR count). The summed E-state index contributed by atoms with van der Waals surface area (Å²) in [5.74, 6) is 0. The van der Waals surface area contributed by atoms with Crippen molar-refractivity contribution in [1.82, 2.24) is 25.2 Å². The number of carbonyl (C=O) groups is 1. The van der Waals surface area contributed by atoms with Crippen LogP contribution in [0, 0.1) is 0 Å². The molecule has 0 spiro atoms. The molecule has 0 aromatic carbocycles. The SMILES string of the molecule is CCCCNC(=O)OCC(O)Cn1cc(CN(CCCC)CCCC)nn1. The molecule has 1 aromatic rings. The van der Waals surface area contributed by atoms with E-state index in [-0.39, 0.29) is 13.2 Å². The van der Waals surface area contributed by atoms with Crippen LogP contribution in [0.25, 0.3) is 0 Å². The summed E-state index contributed by atoms with van der Waals surface area (Å²) < 4.78 is 6.62. The number of alkyl carbamates (subject to hydrolysis) is 1. The molecule has 27 heavy (non-hydrogen) atoms. The second-order valence-corrected chi connectivity index (χ2v) is 6.95. The van der Waals surface area contributed by atoms with E-state index in [9.17, 15) is 9.90 Å². The lowest BCUT2D eigenvalue weighted by Gasteiger charge is -2.20. The molecule has 1 unspecified atom stereocenters. The van der Waals surface area contributed by atoms with Gasteiger partial charge in [0.15, 0.2) is 0 Å². The summed E-state index contributed by atoms with van der Waals surface area (Å²) in [6, 6.07) is 0. The van der Waals surface area contributed by atoms with Crippen molar-refractivity contribution >= 4 is 6.09 Å². The number of nitrogens with one attached hydrogen (secondary N) is 1. The highest BCUT2D eigenvalue weighted by Gasteiger charge is 2.12. The summed E-state index contributed by atoms with van der Waals surface area (Å²) in [6.45, 7) is 10.1. The van der Waals surface area contributed by atoms with Crippen LogP contribution < -0.4 is 5.32 Å². The highest BCUT2D eigenvalue weighted by Crippen LogP contribution is 2.06. The number of carbonyl (C=O) groups excluding carboxylic acids is 1. The van der Waals surface area contributed by atoms with Crippen LogP contribution in [0.4, 0.5) is 4.79 Å². The number of hydrogen-bond acceptors (Lipinski definition) is 6. The Morgan fingerprint density at radius 1 is 1.22 bits per heavy atom. The molecule has 0 aliphatic heterocycles. The van der Waals surface area contributed by atoms with E-state index in [0.29, 0.717) is 6.54 Å². The fourth-order valence-electron chi connectivity index (χ4n) is 2.62. The first kappa shape index (κ1) is 23.4. The average Bonchev–Trinajstić information content (AvgIpc) is 3.09. The van der Waals surface area contributed by atoms with Gasteiger partial charge in [0, 0.05) is 19.3 Å². The predicted octanol–water partition coefficient (Wildman–Crippen LogP) is 2.57. The highest BCUT2D eigenvalue weighted by molar-refractivity contribution is 5.67. The van der Waals surface area contributed by atoms with Gasteiger partial charge in [-0.25, -0.2) is 9.48 Å². The molecule has 0 aliphatic rings. The van der Waals surface area contributed by atoms with E-state index in [1.165, 1.54) is 25.7 Å². The highest BCUT2D eigenvalue weighted by atomic mass is 16.6. The van der Waals surface area contributed by atoms with E-state index in [2.05, 4.69) is 41.3 Å². The number of rotatable bonds is 15. The average molecular weight is 384 g/mol. The number of amides is 1. The number of aromatic nitrogens is 3. The summed E-state index contributed by atoms with van der Waals surface area (Å²) >= 11 is 0. The maximum Gasteiger partial charge on any atom is 0.407 e. The second kappa shape index (κ2) is 14.4. The Kier molecular flexibility index (Phi) is 12.5. The lowest BCUT2D eigenvalue weighted by Crippen LogP contribution is -2.30. The fourth-order valence-corrected chi connectivity index (χ4v) is 2.62. The minimum Gasteiger partial charge on any atom is -0.447 e. The molecule has 1 amide bonds. The van der Waals surface area contributed by atoms with Crippen molar-refractivity contribution in [3.8, 4) is 0 Å². The topological polar surface area (TPSA) is 92.5 Å². The van der Waals surface area contributed by atoms with Gasteiger partial charge in [-0.15, -0.1) is 5.10 Å². The summed E-state index contributed by atoms with van der Waals surface area (Å²) in [5.41, 5.74) is 0.896. The smallest absolute Gasteiger partial charge is 0.407 e. The number of unbranched alkanes of at least 4 members (excludes halogenated alkanes) is 3. The van der Waals surface area contributed by atoms with Crippen LogP contribution in [0.15, 0.2) is 6.20 Å². The van der Waals surface area contributed by atoms with E-state index in [1.807, 2.05) is 6.20 Å². The third kappa shape index (κ3) is 10.9. The fraction of sp³-hybridized carbons (Fsp3) is 0.842. The summed E-state index contributed by atoms with van der Waals surface area (Å²) in [6.07, 6.45) is 7.16. The van der Waals surface area contributed by atoms with Gasteiger partial charge in [-0.3, -0.25) is 4.90 Å². The summed E-state index contributed by atoms with van der Waals surface area (Å²) in [7, 11) is 0. The molecule has 0 aliphatic carbocycles. The molecule has 2 N–H and O–H groups in total. The first-order valence-electron chi connectivity index (χ1n) is 10.3. The standard InChI is InChI=1S/C19H37N5O3/c1-4-7-10-20-19(26)27-16-18(25)15-24-14-17(21-22-24)13-23(11-8-5-2)12-9-6-3/h14,18,25H,4-13,15-16H2,1-3H3,(H,20,26). The van der Waals surface area contributed by atoms with Gasteiger partial charge in [0.1, 0.15) is 12.7 Å². The quantitative estimate of drug-likeness (QED) is 0.452. The van der Waals surface area contributed by atoms with Crippen molar-refractivity contribution in [1.29, 1.82) is 0 Å². The molecular weight excluding hydrogens is 346 g/mol. The van der Waals surface area contributed by atoms with Crippen LogP contribution in [0.2, 0.25) is 0 Å². The minimum atomic E-state index is -0.812. The lowest BCUT2D eigenvalue weighted by atomic mass is 10.2. The Labute approximate surface area is 163 Å². The van der Waals surface area contributed by atoms with Crippen LogP contribution in [-0.2, 0) is 17.8 Å². The van der Waals surface area contributed by atoms with E-state index >= 15 is 0 Å². The second-order valence-electron chi connectivity index (χ2n) is 6.95. The zero-order valence-corrected chi connectivity index (χ0v) is 17.2. The Morgan fingerprint density at radius 2 is 1.89 bits per heavy atom. The molecule has 1 heterocycles. The normalized spacial score (nSPS) is 12.3. The molecule has 156 valence electrons. The number of hydrogen-bond donors (Lipinski definition) is 2. The van der Waals surface area contributed by atoms with Gasteiger partial charge < -0.3 is 15.2 Å². The maximum atomic E-state index is 11.5. The molecular formula is C19H37N5O3. The van der Waals surface area contributed by atoms with Gasteiger partial charge in [-0.05, 0) is 32.4 Å². The third-order valence-corrected chi connectivity index (χ3v) is 4.23. The van der Waals surface area contributed by atoms with Gasteiger partial charge in [-0.1, -0.05) is 45.2 Å². The maximum absolute atomic E-state index is 11.5. The zero-order chi connectivity index (χ0) is 19.9. The van der Waals surface area contributed by atoms with Crippen molar-refractivity contribution < 1.29 is 14.6 Å². The first-order chi connectivity index (χ1) is 13.1. The number of aliphatic hydroxyl groups excluding tert-OH is 1. The van der Waals surface area contributed by atoms with E-state index in [4.69, 9.17) is 4.74 Å². The van der Waals surface area contributed by atoms with Gasteiger partial charge in [0.05, 0.1) is 12.2 Å². The number of aliphatic hydroxyl groups is 1. The molecule has 0 saturated heterocycles. The Morgan fingerprint density at radius 3 is 2.52 bits per heavy atom. The number of nitrogens with zero attached hydrogens (tertiary/aromatic N) is 4. The Bertz CT molecular complexity index is 501. The van der Waals surface area contributed by atoms with Gasteiger partial charge in [0.25, 0.3) is 0 Å². The van der Waals surface area contributed by atoms with Crippen molar-refractivity contribution in [3.05, 3.63) is 11.9 Å². The Hall–Kier alpha value is -1.67.